The van der Waals surface area contributed by atoms with Gasteiger partial charge in [-0.15, -0.1) is 0 Å². The molecule has 6 atom stereocenters. The molecule has 0 saturated heterocycles. The van der Waals surface area contributed by atoms with E-state index >= 15 is 0 Å². The standard InChI is InChI=1S/C20H27NO5/c1-19-8-3-4-13(19)11-5-6-15-16(21(25)26)17(22)12(18(23)24)10-20(15,2)14(11)7-9-19/h11-14H,3-10H2,1-2H3,(H,23,24)/t11-,12?,13-,14+,19-,20+/m0/s1. The van der Waals surface area contributed by atoms with Crippen LogP contribution in [0.15, 0.2) is 11.3 Å². The first kappa shape index (κ1) is 17.7. The first-order chi connectivity index (χ1) is 12.2. The highest BCUT2D eigenvalue weighted by Gasteiger charge is 2.61. The van der Waals surface area contributed by atoms with Crippen LogP contribution in [0.3, 0.4) is 0 Å². The van der Waals surface area contributed by atoms with E-state index in [4.69, 9.17) is 0 Å². The third-order valence-electron chi connectivity index (χ3n) is 8.40. The zero-order chi connectivity index (χ0) is 18.9. The van der Waals surface area contributed by atoms with Crippen LogP contribution in [0.2, 0.25) is 0 Å². The quantitative estimate of drug-likeness (QED) is 0.458. The molecule has 6 heteroatoms. The Hall–Kier alpha value is -1.72. The molecule has 3 fully saturated rings. The lowest BCUT2D eigenvalue weighted by Crippen LogP contribution is -2.52. The molecular weight excluding hydrogens is 334 g/mol. The Kier molecular flexibility index (Phi) is 3.83. The van der Waals surface area contributed by atoms with Crippen LogP contribution in [0.1, 0.15) is 65.2 Å². The summed E-state index contributed by atoms with van der Waals surface area (Å²) >= 11 is 0. The van der Waals surface area contributed by atoms with Gasteiger partial charge in [-0.25, -0.2) is 0 Å². The van der Waals surface area contributed by atoms with Crippen LogP contribution in [0.25, 0.3) is 0 Å². The zero-order valence-corrected chi connectivity index (χ0v) is 15.5. The second-order valence-corrected chi connectivity index (χ2v) is 9.46. The molecular formula is C20H27NO5. The lowest BCUT2D eigenvalue weighted by molar-refractivity contribution is -0.422. The predicted octanol–water partition coefficient (Wildman–Crippen LogP) is 3.82. The molecule has 142 valence electrons. The predicted molar refractivity (Wildman–Crippen MR) is 93.8 cm³/mol. The maximum Gasteiger partial charge on any atom is 0.314 e. The summed E-state index contributed by atoms with van der Waals surface area (Å²) in [5.41, 5.74) is 0.0605. The minimum Gasteiger partial charge on any atom is -0.481 e. The molecule has 0 radical (unpaired) electrons. The van der Waals surface area contributed by atoms with E-state index in [1.54, 1.807) is 0 Å². The Bertz CT molecular complexity index is 728. The van der Waals surface area contributed by atoms with E-state index in [-0.39, 0.29) is 12.3 Å². The second-order valence-electron chi connectivity index (χ2n) is 9.46. The van der Waals surface area contributed by atoms with Gasteiger partial charge in [-0.2, -0.15) is 0 Å². The third-order valence-corrected chi connectivity index (χ3v) is 8.40. The molecule has 0 aromatic rings. The number of carbonyl (C=O) groups is 2. The molecule has 4 rings (SSSR count). The Morgan fingerprint density at radius 2 is 1.92 bits per heavy atom. The van der Waals surface area contributed by atoms with Crippen molar-refractivity contribution in [2.24, 2.45) is 34.5 Å². The summed E-state index contributed by atoms with van der Waals surface area (Å²) in [7, 11) is 0. The molecule has 4 aliphatic carbocycles. The molecule has 0 aromatic heterocycles. The van der Waals surface area contributed by atoms with E-state index in [0.29, 0.717) is 29.2 Å². The highest BCUT2D eigenvalue weighted by atomic mass is 16.6. The minimum absolute atomic E-state index is 0.221. The highest BCUT2D eigenvalue weighted by Crippen LogP contribution is 2.66. The maximum atomic E-state index is 12.5. The van der Waals surface area contributed by atoms with Crippen LogP contribution < -0.4 is 0 Å². The molecule has 0 spiro atoms. The second kappa shape index (κ2) is 5.64. The Morgan fingerprint density at radius 1 is 1.19 bits per heavy atom. The number of Topliss-reactive ketones (excluding diaryl/α,β-unsaturated/α-hetero) is 1. The first-order valence-corrected chi connectivity index (χ1v) is 9.84. The SMILES string of the molecule is C[C@@]12CCC[C@H]1[C@@H]1CCC3=C([N+](=O)[O-])C(=O)C(C(=O)O)C[C@]3(C)[C@@H]1CC2. The number of hydrogen-bond acceptors (Lipinski definition) is 4. The van der Waals surface area contributed by atoms with E-state index < -0.39 is 33.7 Å². The number of allylic oxidation sites excluding steroid dienone is 1. The average Bonchev–Trinajstić information content (AvgIpc) is 2.96. The number of carbonyl (C=O) groups excluding carboxylic acids is 1. The Morgan fingerprint density at radius 3 is 2.58 bits per heavy atom. The van der Waals surface area contributed by atoms with Gasteiger partial charge in [-0.3, -0.25) is 19.7 Å². The summed E-state index contributed by atoms with van der Waals surface area (Å²) < 4.78 is 0. The van der Waals surface area contributed by atoms with Crippen molar-refractivity contribution in [2.75, 3.05) is 0 Å². The molecule has 0 bridgehead atoms. The van der Waals surface area contributed by atoms with Crippen molar-refractivity contribution in [1.82, 2.24) is 0 Å². The molecule has 0 aliphatic heterocycles. The number of fused-ring (bicyclic) bond motifs is 5. The van der Waals surface area contributed by atoms with Gasteiger partial charge in [0.05, 0.1) is 4.92 Å². The van der Waals surface area contributed by atoms with Gasteiger partial charge in [0.2, 0.25) is 5.78 Å². The van der Waals surface area contributed by atoms with Gasteiger partial charge >= 0.3 is 11.7 Å². The summed E-state index contributed by atoms with van der Waals surface area (Å²) in [5, 5.41) is 21.2. The van der Waals surface area contributed by atoms with Crippen LogP contribution in [-0.2, 0) is 9.59 Å². The number of nitrogens with zero attached hydrogens (tertiary/aromatic N) is 1. The number of hydrogen-bond donors (Lipinski definition) is 1. The largest absolute Gasteiger partial charge is 0.481 e. The van der Waals surface area contributed by atoms with Crippen molar-refractivity contribution >= 4 is 11.8 Å². The topological polar surface area (TPSA) is 97.5 Å². The lowest BCUT2D eigenvalue weighted by Gasteiger charge is -2.57. The van der Waals surface area contributed by atoms with Gasteiger partial charge in [-0.05, 0) is 73.5 Å². The maximum absolute atomic E-state index is 12.5. The summed E-state index contributed by atoms with van der Waals surface area (Å²) in [6.07, 6.45) is 7.52. The van der Waals surface area contributed by atoms with Crippen LogP contribution in [-0.4, -0.2) is 21.8 Å². The monoisotopic (exact) mass is 361 g/mol. The van der Waals surface area contributed by atoms with Crippen molar-refractivity contribution in [3.63, 3.8) is 0 Å². The van der Waals surface area contributed by atoms with Gasteiger partial charge in [0.1, 0.15) is 5.92 Å². The molecule has 4 aliphatic rings. The summed E-state index contributed by atoms with van der Waals surface area (Å²) in [5.74, 6) is -1.90. The molecule has 1 unspecified atom stereocenters. The third kappa shape index (κ3) is 2.23. The average molecular weight is 361 g/mol. The van der Waals surface area contributed by atoms with Crippen molar-refractivity contribution in [3.05, 3.63) is 21.4 Å². The molecule has 26 heavy (non-hydrogen) atoms. The van der Waals surface area contributed by atoms with Gasteiger partial charge in [0.15, 0.2) is 0 Å². The molecule has 3 saturated carbocycles. The minimum atomic E-state index is -1.28. The van der Waals surface area contributed by atoms with Crippen LogP contribution in [0.4, 0.5) is 0 Å². The normalized spacial score (nSPS) is 44.9. The van der Waals surface area contributed by atoms with Gasteiger partial charge in [-0.1, -0.05) is 20.3 Å². The van der Waals surface area contributed by atoms with E-state index in [1.165, 1.54) is 19.3 Å². The van der Waals surface area contributed by atoms with E-state index in [9.17, 15) is 24.8 Å². The number of rotatable bonds is 2. The van der Waals surface area contributed by atoms with E-state index in [1.807, 2.05) is 6.92 Å². The summed E-state index contributed by atoms with van der Waals surface area (Å²) in [4.78, 5) is 35.2. The van der Waals surface area contributed by atoms with E-state index in [2.05, 4.69) is 6.92 Å². The van der Waals surface area contributed by atoms with Crippen molar-refractivity contribution in [1.29, 1.82) is 0 Å². The highest BCUT2D eigenvalue weighted by molar-refractivity contribution is 6.07. The van der Waals surface area contributed by atoms with Gasteiger partial charge in [0, 0.05) is 5.57 Å². The number of carboxylic acids is 1. The number of ketones is 1. The van der Waals surface area contributed by atoms with Crippen molar-refractivity contribution in [2.45, 2.75) is 65.2 Å². The van der Waals surface area contributed by atoms with Crippen molar-refractivity contribution in [3.8, 4) is 0 Å². The fourth-order valence-corrected chi connectivity index (χ4v) is 7.19. The number of aliphatic carboxylic acids is 1. The van der Waals surface area contributed by atoms with Crippen LogP contribution >= 0.6 is 0 Å². The number of nitro groups is 1. The van der Waals surface area contributed by atoms with Crippen molar-refractivity contribution < 1.29 is 19.6 Å². The summed E-state index contributed by atoms with van der Waals surface area (Å²) in [6, 6.07) is 0. The molecule has 6 nitrogen and oxygen atoms in total. The smallest absolute Gasteiger partial charge is 0.314 e. The molecule has 1 N–H and O–H groups in total. The van der Waals surface area contributed by atoms with Crippen LogP contribution in [0.5, 0.6) is 0 Å². The number of carboxylic acid groups (broad SMARTS) is 1. The van der Waals surface area contributed by atoms with Gasteiger partial charge < -0.3 is 5.11 Å². The Balaban J connectivity index is 1.80. The van der Waals surface area contributed by atoms with Gasteiger partial charge in [0.25, 0.3) is 0 Å². The Labute approximate surface area is 153 Å². The fourth-order valence-electron chi connectivity index (χ4n) is 7.19. The van der Waals surface area contributed by atoms with Crippen LogP contribution in [0, 0.1) is 44.6 Å². The zero-order valence-electron chi connectivity index (χ0n) is 15.5. The fraction of sp³-hybridized carbons (Fsp3) is 0.800. The lowest BCUT2D eigenvalue weighted by atomic mass is 9.46. The molecule has 0 aromatic carbocycles. The van der Waals surface area contributed by atoms with E-state index in [0.717, 1.165) is 19.3 Å². The molecule has 0 amide bonds. The molecule has 0 heterocycles. The first-order valence-electron chi connectivity index (χ1n) is 9.84. The summed E-state index contributed by atoms with van der Waals surface area (Å²) in [6.45, 7) is 4.39.